The van der Waals surface area contributed by atoms with E-state index in [0.717, 1.165) is 12.0 Å². The van der Waals surface area contributed by atoms with Crippen molar-refractivity contribution in [2.24, 2.45) is 0 Å². The van der Waals surface area contributed by atoms with Crippen molar-refractivity contribution in [3.8, 4) is 5.75 Å². The van der Waals surface area contributed by atoms with Gasteiger partial charge in [-0.05, 0) is 50.1 Å². The van der Waals surface area contributed by atoms with E-state index >= 15 is 0 Å². The summed E-state index contributed by atoms with van der Waals surface area (Å²) in [6.45, 7) is 5.57. The molecular formula is C22H27FN2O3. The lowest BCUT2D eigenvalue weighted by molar-refractivity contribution is -0.142. The maximum Gasteiger partial charge on any atom is 0.261 e. The van der Waals surface area contributed by atoms with E-state index in [0.29, 0.717) is 5.75 Å². The summed E-state index contributed by atoms with van der Waals surface area (Å²) < 4.78 is 18.8. The van der Waals surface area contributed by atoms with Crippen LogP contribution in [0, 0.1) is 5.82 Å². The van der Waals surface area contributed by atoms with Gasteiger partial charge in [-0.15, -0.1) is 0 Å². The van der Waals surface area contributed by atoms with Crippen LogP contribution in [0.25, 0.3) is 0 Å². The van der Waals surface area contributed by atoms with Crippen molar-refractivity contribution in [3.05, 3.63) is 66.0 Å². The molecule has 0 spiro atoms. The molecule has 6 heteroatoms. The fourth-order valence-electron chi connectivity index (χ4n) is 2.58. The van der Waals surface area contributed by atoms with Crippen LogP contribution < -0.4 is 10.1 Å². The first-order chi connectivity index (χ1) is 13.4. The molecule has 0 saturated heterocycles. The molecule has 2 atom stereocenters. The number of nitrogens with zero attached hydrogens (tertiary/aromatic N) is 1. The van der Waals surface area contributed by atoms with Gasteiger partial charge in [0.1, 0.15) is 17.6 Å². The summed E-state index contributed by atoms with van der Waals surface area (Å²) in [5.41, 5.74) is 0.734. The quantitative estimate of drug-likeness (QED) is 0.717. The van der Waals surface area contributed by atoms with E-state index in [1.165, 1.54) is 17.0 Å². The summed E-state index contributed by atoms with van der Waals surface area (Å²) in [5, 5.41) is 2.90. The Morgan fingerprint density at radius 3 is 2.32 bits per heavy atom. The second-order valence-electron chi connectivity index (χ2n) is 6.74. The lowest BCUT2D eigenvalue weighted by atomic mass is 10.1. The van der Waals surface area contributed by atoms with E-state index in [1.54, 1.807) is 31.2 Å². The molecule has 0 fully saturated rings. The van der Waals surface area contributed by atoms with Crippen LogP contribution in [0.3, 0.4) is 0 Å². The van der Waals surface area contributed by atoms with E-state index in [-0.39, 0.29) is 36.8 Å². The Bertz CT molecular complexity index is 765. The van der Waals surface area contributed by atoms with Crippen molar-refractivity contribution < 1.29 is 18.7 Å². The van der Waals surface area contributed by atoms with Crippen molar-refractivity contribution in [2.45, 2.75) is 45.8 Å². The molecule has 5 nitrogen and oxygen atoms in total. The van der Waals surface area contributed by atoms with Gasteiger partial charge in [-0.2, -0.15) is 0 Å². The highest BCUT2D eigenvalue weighted by Gasteiger charge is 2.27. The average molecular weight is 386 g/mol. The van der Waals surface area contributed by atoms with Crippen LogP contribution in [0.4, 0.5) is 4.39 Å². The molecular weight excluding hydrogens is 359 g/mol. The van der Waals surface area contributed by atoms with E-state index in [4.69, 9.17) is 4.74 Å². The number of ether oxygens (including phenoxy) is 1. The molecule has 0 heterocycles. The third kappa shape index (κ3) is 6.37. The van der Waals surface area contributed by atoms with Crippen molar-refractivity contribution in [3.63, 3.8) is 0 Å². The molecule has 150 valence electrons. The largest absolute Gasteiger partial charge is 0.484 e. The summed E-state index contributed by atoms with van der Waals surface area (Å²) in [6.07, 6.45) is 0.793. The molecule has 0 aliphatic rings. The second kappa shape index (κ2) is 10.4. The van der Waals surface area contributed by atoms with Gasteiger partial charge in [-0.1, -0.05) is 37.3 Å². The van der Waals surface area contributed by atoms with E-state index in [2.05, 4.69) is 5.32 Å². The van der Waals surface area contributed by atoms with Gasteiger partial charge in [0.15, 0.2) is 6.61 Å². The molecule has 0 aliphatic heterocycles. The normalized spacial score (nSPS) is 12.7. The molecule has 28 heavy (non-hydrogen) atoms. The zero-order valence-electron chi connectivity index (χ0n) is 16.5. The minimum Gasteiger partial charge on any atom is -0.484 e. The Balaban J connectivity index is 2.12. The number of halogens is 1. The van der Waals surface area contributed by atoms with Crippen LogP contribution in [0.1, 0.15) is 32.8 Å². The molecule has 2 aromatic carbocycles. The number of carbonyl (C=O) groups is 2. The highest BCUT2D eigenvalue weighted by molar-refractivity contribution is 5.88. The fraction of sp³-hybridized carbons (Fsp3) is 0.364. The first-order valence-corrected chi connectivity index (χ1v) is 9.42. The molecule has 0 saturated carbocycles. The number of benzene rings is 2. The first kappa shape index (κ1) is 21.4. The Morgan fingerprint density at radius 2 is 1.71 bits per heavy atom. The predicted octanol–water partition coefficient (Wildman–Crippen LogP) is 3.54. The summed E-state index contributed by atoms with van der Waals surface area (Å²) in [6, 6.07) is 14.2. The molecule has 2 aromatic rings. The summed E-state index contributed by atoms with van der Waals surface area (Å²) >= 11 is 0. The van der Waals surface area contributed by atoms with Crippen molar-refractivity contribution in [1.29, 1.82) is 0 Å². The first-order valence-electron chi connectivity index (χ1n) is 9.42. The van der Waals surface area contributed by atoms with Gasteiger partial charge in [0, 0.05) is 12.6 Å². The standard InChI is InChI=1S/C22H27FN2O3/c1-4-16(2)24-22(27)17(3)25(14-18-10-12-19(23)13-11-18)21(26)15-28-20-8-6-5-7-9-20/h5-13,16-17H,4,14-15H2,1-3H3,(H,24,27)/t16-,17-/m0/s1. The van der Waals surface area contributed by atoms with Gasteiger partial charge in [0.05, 0.1) is 0 Å². The summed E-state index contributed by atoms with van der Waals surface area (Å²) in [5.74, 6) is -0.324. The maximum absolute atomic E-state index is 13.2. The van der Waals surface area contributed by atoms with Gasteiger partial charge in [-0.3, -0.25) is 9.59 Å². The maximum atomic E-state index is 13.2. The van der Waals surface area contributed by atoms with Crippen molar-refractivity contribution in [1.82, 2.24) is 10.2 Å². The second-order valence-corrected chi connectivity index (χ2v) is 6.74. The number of para-hydroxylation sites is 1. The van der Waals surface area contributed by atoms with Crippen LogP contribution in [0.15, 0.2) is 54.6 Å². The van der Waals surface area contributed by atoms with Crippen LogP contribution >= 0.6 is 0 Å². The van der Waals surface area contributed by atoms with Gasteiger partial charge in [0.2, 0.25) is 5.91 Å². The molecule has 0 bridgehead atoms. The number of hydrogen-bond acceptors (Lipinski definition) is 3. The zero-order chi connectivity index (χ0) is 20.5. The van der Waals surface area contributed by atoms with Crippen molar-refractivity contribution in [2.75, 3.05) is 6.61 Å². The molecule has 0 aromatic heterocycles. The molecule has 0 aliphatic carbocycles. The Labute approximate surface area is 165 Å². The zero-order valence-corrected chi connectivity index (χ0v) is 16.5. The third-order valence-electron chi connectivity index (χ3n) is 4.54. The number of carbonyl (C=O) groups excluding carboxylic acids is 2. The number of amides is 2. The smallest absolute Gasteiger partial charge is 0.261 e. The van der Waals surface area contributed by atoms with Crippen LogP contribution in [0.5, 0.6) is 5.75 Å². The van der Waals surface area contributed by atoms with Crippen LogP contribution in [-0.4, -0.2) is 35.4 Å². The monoisotopic (exact) mass is 386 g/mol. The van der Waals surface area contributed by atoms with Crippen LogP contribution in [-0.2, 0) is 16.1 Å². The fourth-order valence-corrected chi connectivity index (χ4v) is 2.58. The third-order valence-corrected chi connectivity index (χ3v) is 4.54. The number of nitrogens with one attached hydrogen (secondary N) is 1. The van der Waals surface area contributed by atoms with E-state index in [9.17, 15) is 14.0 Å². The van der Waals surface area contributed by atoms with Gasteiger partial charge in [0.25, 0.3) is 5.91 Å². The minimum absolute atomic E-state index is 0.0123. The molecule has 0 radical (unpaired) electrons. The predicted molar refractivity (Wildman–Crippen MR) is 106 cm³/mol. The highest BCUT2D eigenvalue weighted by Crippen LogP contribution is 2.13. The van der Waals surface area contributed by atoms with Crippen LogP contribution in [0.2, 0.25) is 0 Å². The lowest BCUT2D eigenvalue weighted by Gasteiger charge is -2.29. The minimum atomic E-state index is -0.689. The number of rotatable bonds is 9. The van der Waals surface area contributed by atoms with E-state index < -0.39 is 6.04 Å². The van der Waals surface area contributed by atoms with Gasteiger partial charge < -0.3 is 15.0 Å². The average Bonchev–Trinajstić information content (AvgIpc) is 2.71. The summed E-state index contributed by atoms with van der Waals surface area (Å²) in [7, 11) is 0. The SMILES string of the molecule is CC[C@H](C)NC(=O)[C@H](C)N(Cc1ccc(F)cc1)C(=O)COc1ccccc1. The highest BCUT2D eigenvalue weighted by atomic mass is 19.1. The van der Waals surface area contributed by atoms with Gasteiger partial charge in [-0.25, -0.2) is 4.39 Å². The molecule has 2 amide bonds. The van der Waals surface area contributed by atoms with Gasteiger partial charge >= 0.3 is 0 Å². The Kier molecular flexibility index (Phi) is 7.99. The number of hydrogen-bond donors (Lipinski definition) is 1. The lowest BCUT2D eigenvalue weighted by Crippen LogP contribution is -2.50. The molecule has 1 N–H and O–H groups in total. The molecule has 2 rings (SSSR count). The topological polar surface area (TPSA) is 58.6 Å². The summed E-state index contributed by atoms with van der Waals surface area (Å²) in [4.78, 5) is 26.9. The molecule has 0 unspecified atom stereocenters. The van der Waals surface area contributed by atoms with Crippen molar-refractivity contribution >= 4 is 11.8 Å². The Morgan fingerprint density at radius 1 is 1.07 bits per heavy atom. The Hall–Kier alpha value is -2.89. The van der Waals surface area contributed by atoms with E-state index in [1.807, 2.05) is 32.0 Å².